The lowest BCUT2D eigenvalue weighted by molar-refractivity contribution is -0.390. The van der Waals surface area contributed by atoms with Gasteiger partial charge in [0.05, 0.1) is 4.47 Å². The van der Waals surface area contributed by atoms with Gasteiger partial charge in [-0.3, -0.25) is 0 Å². The van der Waals surface area contributed by atoms with E-state index in [1.165, 1.54) is 24.4 Å². The van der Waals surface area contributed by atoms with Crippen molar-refractivity contribution in [3.05, 3.63) is 62.0 Å². The zero-order chi connectivity index (χ0) is 16.3. The predicted octanol–water partition coefficient (Wildman–Crippen LogP) is 4.93. The van der Waals surface area contributed by atoms with E-state index in [2.05, 4.69) is 36.8 Å². The fraction of sp³-hybridized carbons (Fsp3) is 0.214. The van der Waals surface area contributed by atoms with Crippen molar-refractivity contribution in [3.8, 4) is 5.75 Å². The molecular formula is C14H11Br2FN2O3. The van der Waals surface area contributed by atoms with Crippen molar-refractivity contribution in [2.75, 3.05) is 0 Å². The molecule has 0 radical (unpaired) electrons. The van der Waals surface area contributed by atoms with Gasteiger partial charge in [-0.25, -0.2) is 4.39 Å². The number of nitrogens with zero attached hydrogens (tertiary/aromatic N) is 2. The molecule has 8 heteroatoms. The summed E-state index contributed by atoms with van der Waals surface area (Å²) in [6.45, 7) is 1.70. The quantitative estimate of drug-likeness (QED) is 0.381. The van der Waals surface area contributed by atoms with Crippen LogP contribution in [-0.4, -0.2) is 9.91 Å². The normalized spacial score (nSPS) is 12.0. The van der Waals surface area contributed by atoms with Crippen LogP contribution in [0.15, 0.2) is 34.9 Å². The number of pyridine rings is 1. The summed E-state index contributed by atoms with van der Waals surface area (Å²) < 4.78 is 19.7. The topological polar surface area (TPSA) is 65.3 Å². The largest absolute Gasteiger partial charge is 0.478 e. The van der Waals surface area contributed by atoms with Crippen LogP contribution in [0.4, 0.5) is 10.2 Å². The minimum absolute atomic E-state index is 0.0247. The average molecular weight is 434 g/mol. The molecule has 1 unspecified atom stereocenters. The highest BCUT2D eigenvalue weighted by atomic mass is 79.9. The number of aromatic nitrogens is 1. The fourth-order valence-corrected chi connectivity index (χ4v) is 2.78. The molecule has 1 heterocycles. The molecule has 1 aromatic carbocycles. The van der Waals surface area contributed by atoms with E-state index in [-0.39, 0.29) is 11.6 Å². The summed E-state index contributed by atoms with van der Waals surface area (Å²) in [5.74, 6) is -0.750. The summed E-state index contributed by atoms with van der Waals surface area (Å²) in [5, 5.41) is 11.5. The van der Waals surface area contributed by atoms with Crippen LogP contribution in [0.5, 0.6) is 5.75 Å². The van der Waals surface area contributed by atoms with Gasteiger partial charge in [0, 0.05) is 11.4 Å². The highest BCUT2D eigenvalue weighted by Crippen LogP contribution is 2.33. The summed E-state index contributed by atoms with van der Waals surface area (Å²) in [6, 6.07) is 5.83. The van der Waals surface area contributed by atoms with Crippen LogP contribution < -0.4 is 4.74 Å². The van der Waals surface area contributed by atoms with Crippen LogP contribution >= 0.6 is 31.9 Å². The van der Waals surface area contributed by atoms with Gasteiger partial charge < -0.3 is 14.9 Å². The van der Waals surface area contributed by atoms with Crippen LogP contribution in [0.3, 0.4) is 0 Å². The van der Waals surface area contributed by atoms with Crippen molar-refractivity contribution < 1.29 is 14.1 Å². The molecule has 2 rings (SSSR count). The summed E-state index contributed by atoms with van der Waals surface area (Å²) >= 11 is 6.53. The molecule has 0 amide bonds. The second kappa shape index (κ2) is 7.15. The van der Waals surface area contributed by atoms with E-state index in [0.29, 0.717) is 15.4 Å². The van der Waals surface area contributed by atoms with Crippen LogP contribution in [0.2, 0.25) is 0 Å². The minimum atomic E-state index is -0.620. The number of rotatable bonds is 5. The lowest BCUT2D eigenvalue weighted by Crippen LogP contribution is -2.08. The Kier molecular flexibility index (Phi) is 5.47. The third-order valence-electron chi connectivity index (χ3n) is 2.97. The smallest absolute Gasteiger partial charge is 0.406 e. The molecule has 0 aliphatic heterocycles. The van der Waals surface area contributed by atoms with Gasteiger partial charge in [-0.05, 0) is 56.0 Å². The summed E-state index contributed by atoms with van der Waals surface area (Å²) in [6.07, 6.45) is 0.750. The number of hydrogen-bond donors (Lipinski definition) is 0. The first-order valence-electron chi connectivity index (χ1n) is 6.23. The maximum absolute atomic E-state index is 13.5. The highest BCUT2D eigenvalue weighted by molar-refractivity contribution is 9.10. The third-order valence-corrected chi connectivity index (χ3v) is 4.00. The Labute approximate surface area is 142 Å². The van der Waals surface area contributed by atoms with Crippen molar-refractivity contribution in [2.24, 2.45) is 0 Å². The van der Waals surface area contributed by atoms with E-state index < -0.39 is 16.8 Å². The zero-order valence-corrected chi connectivity index (χ0v) is 14.6. The molecule has 0 bridgehead atoms. The Hall–Kier alpha value is -1.54. The Morgan fingerprint density at radius 1 is 1.45 bits per heavy atom. The summed E-state index contributed by atoms with van der Waals surface area (Å²) in [5.41, 5.74) is 1.46. The first-order chi connectivity index (χ1) is 10.4. The van der Waals surface area contributed by atoms with Crippen LogP contribution in [0.1, 0.15) is 24.2 Å². The fourth-order valence-electron chi connectivity index (χ4n) is 1.96. The van der Waals surface area contributed by atoms with E-state index >= 15 is 0 Å². The molecule has 0 fully saturated rings. The number of hydrogen-bond acceptors (Lipinski definition) is 4. The number of nitro groups is 1. The first-order valence-corrected chi connectivity index (χ1v) is 8.14. The molecule has 116 valence electrons. The second-order valence-corrected chi connectivity index (χ2v) is 5.95. The van der Waals surface area contributed by atoms with Crippen molar-refractivity contribution in [1.29, 1.82) is 0 Å². The highest BCUT2D eigenvalue weighted by Gasteiger charge is 2.21. The number of halogens is 3. The van der Waals surface area contributed by atoms with E-state index in [0.717, 1.165) is 5.56 Å². The lowest BCUT2D eigenvalue weighted by Gasteiger charge is -2.17. The van der Waals surface area contributed by atoms with Gasteiger partial charge in [-0.2, -0.15) is 0 Å². The van der Waals surface area contributed by atoms with Gasteiger partial charge in [0.1, 0.15) is 11.9 Å². The third kappa shape index (κ3) is 3.80. The Morgan fingerprint density at radius 3 is 2.82 bits per heavy atom. The van der Waals surface area contributed by atoms with Crippen molar-refractivity contribution in [1.82, 2.24) is 4.98 Å². The van der Waals surface area contributed by atoms with Gasteiger partial charge in [0.25, 0.3) is 0 Å². The van der Waals surface area contributed by atoms with Crippen LogP contribution in [0.25, 0.3) is 0 Å². The van der Waals surface area contributed by atoms with Gasteiger partial charge in [0.2, 0.25) is 5.75 Å². The van der Waals surface area contributed by atoms with Gasteiger partial charge in [-0.1, -0.05) is 22.0 Å². The minimum Gasteiger partial charge on any atom is -0.478 e. The van der Waals surface area contributed by atoms with Crippen LogP contribution in [0, 0.1) is 15.9 Å². The van der Waals surface area contributed by atoms with Gasteiger partial charge >= 0.3 is 5.82 Å². The second-order valence-electron chi connectivity index (χ2n) is 4.47. The Balaban J connectivity index is 2.37. The monoisotopic (exact) mass is 432 g/mol. The van der Waals surface area contributed by atoms with E-state index in [1.54, 1.807) is 13.0 Å². The maximum atomic E-state index is 13.5. The van der Waals surface area contributed by atoms with E-state index in [4.69, 9.17) is 4.74 Å². The number of alkyl halides is 1. The molecule has 1 atom stereocenters. The molecule has 2 aromatic rings. The molecule has 0 aliphatic carbocycles. The molecule has 22 heavy (non-hydrogen) atoms. The number of ether oxygens (including phenoxy) is 1. The van der Waals surface area contributed by atoms with Crippen molar-refractivity contribution >= 4 is 37.7 Å². The van der Waals surface area contributed by atoms with Crippen molar-refractivity contribution in [2.45, 2.75) is 18.4 Å². The molecule has 0 saturated heterocycles. The van der Waals surface area contributed by atoms with Crippen molar-refractivity contribution in [3.63, 3.8) is 0 Å². The van der Waals surface area contributed by atoms with Crippen LogP contribution in [-0.2, 0) is 5.33 Å². The SMILES string of the molecule is CC(Oc1cc(Br)cnc1[N+](=O)[O-])c1cc(F)ccc1CBr. The molecule has 0 N–H and O–H groups in total. The molecule has 0 aliphatic rings. The van der Waals surface area contributed by atoms with E-state index in [9.17, 15) is 14.5 Å². The molecular weight excluding hydrogens is 423 g/mol. The van der Waals surface area contributed by atoms with Gasteiger partial charge in [0.15, 0.2) is 6.20 Å². The summed E-state index contributed by atoms with van der Waals surface area (Å²) in [4.78, 5) is 14.1. The zero-order valence-electron chi connectivity index (χ0n) is 11.4. The molecule has 0 saturated carbocycles. The predicted molar refractivity (Wildman–Crippen MR) is 86.7 cm³/mol. The summed E-state index contributed by atoms with van der Waals surface area (Å²) in [7, 11) is 0. The standard InChI is InChI=1S/C14H11Br2FN2O3/c1-8(12-5-11(17)3-2-9(12)6-15)22-13-4-10(16)7-18-14(13)19(20)21/h2-5,7-8H,6H2,1H3. The maximum Gasteiger partial charge on any atom is 0.406 e. The number of benzene rings is 1. The lowest BCUT2D eigenvalue weighted by atomic mass is 10.0. The Bertz CT molecular complexity index is 712. The van der Waals surface area contributed by atoms with E-state index in [1.807, 2.05) is 0 Å². The van der Waals surface area contributed by atoms with Gasteiger partial charge in [-0.15, -0.1) is 0 Å². The average Bonchev–Trinajstić information content (AvgIpc) is 2.46. The first kappa shape index (κ1) is 16.8. The molecule has 0 spiro atoms. The molecule has 5 nitrogen and oxygen atoms in total. The molecule has 1 aromatic heterocycles. The Morgan fingerprint density at radius 2 is 2.18 bits per heavy atom.